The molecule has 0 heterocycles. The van der Waals surface area contributed by atoms with E-state index in [-0.39, 0.29) is 6.15 Å². The molecule has 0 bridgehead atoms. The number of nitrogens with two attached hydrogens (primary N) is 1. The molecular formula is C14H26N2. The predicted octanol–water partition coefficient (Wildman–Crippen LogP) is 4.11. The molecule has 0 amide bonds. The van der Waals surface area contributed by atoms with Gasteiger partial charge in [0.15, 0.2) is 0 Å². The average Bonchev–Trinajstić information content (AvgIpc) is 2.17. The van der Waals surface area contributed by atoms with Crippen LogP contribution in [0.15, 0.2) is 18.2 Å². The number of nitrogen functional groups attached to an aromatic ring is 1. The third-order valence-electron chi connectivity index (χ3n) is 3.12. The minimum absolute atomic E-state index is 0. The summed E-state index contributed by atoms with van der Waals surface area (Å²) in [4.78, 5) is 0. The first-order chi connectivity index (χ1) is 7.15. The molecule has 0 aromatic heterocycles. The lowest BCUT2D eigenvalue weighted by Crippen LogP contribution is -2.01. The molecule has 0 radical (unpaired) electrons. The highest BCUT2D eigenvalue weighted by atomic mass is 14.6. The molecule has 5 N–H and O–H groups in total. The first-order valence-electron chi connectivity index (χ1n) is 5.99. The normalized spacial score (nSPS) is 11.9. The lowest BCUT2D eigenvalue weighted by molar-refractivity contribution is 0.486. The first kappa shape index (κ1) is 15.0. The van der Waals surface area contributed by atoms with Crippen LogP contribution in [-0.2, 0) is 6.42 Å². The average molecular weight is 222 g/mol. The van der Waals surface area contributed by atoms with Crippen molar-refractivity contribution in [1.29, 1.82) is 0 Å². The van der Waals surface area contributed by atoms with Gasteiger partial charge in [0.25, 0.3) is 0 Å². The molecular weight excluding hydrogens is 196 g/mol. The summed E-state index contributed by atoms with van der Waals surface area (Å²) in [7, 11) is 0. The Balaban J connectivity index is 0.00000225. The quantitative estimate of drug-likeness (QED) is 0.736. The topological polar surface area (TPSA) is 61.0 Å². The second kappa shape index (κ2) is 7.29. The summed E-state index contributed by atoms with van der Waals surface area (Å²) in [6.07, 6.45) is 4.98. The van der Waals surface area contributed by atoms with Gasteiger partial charge in [-0.2, -0.15) is 0 Å². The van der Waals surface area contributed by atoms with E-state index in [9.17, 15) is 0 Å². The number of hydrogen-bond acceptors (Lipinski definition) is 2. The Bertz CT molecular complexity index is 287. The molecule has 0 spiro atoms. The zero-order chi connectivity index (χ0) is 11.3. The highest BCUT2D eigenvalue weighted by Crippen LogP contribution is 2.21. The van der Waals surface area contributed by atoms with Crippen LogP contribution in [-0.4, -0.2) is 0 Å². The molecule has 92 valence electrons. The summed E-state index contributed by atoms with van der Waals surface area (Å²) >= 11 is 0. The van der Waals surface area contributed by atoms with Gasteiger partial charge in [0, 0.05) is 5.69 Å². The SMILES string of the molecule is CCCC(C)CCc1c(C)cccc1N.N. The van der Waals surface area contributed by atoms with Gasteiger partial charge in [-0.25, -0.2) is 0 Å². The highest BCUT2D eigenvalue weighted by molar-refractivity contribution is 5.50. The fraction of sp³-hybridized carbons (Fsp3) is 0.571. The van der Waals surface area contributed by atoms with Crippen molar-refractivity contribution in [2.75, 3.05) is 5.73 Å². The second-order valence-electron chi connectivity index (χ2n) is 4.58. The molecule has 1 unspecified atom stereocenters. The summed E-state index contributed by atoms with van der Waals surface area (Å²) in [6.45, 7) is 6.73. The minimum atomic E-state index is 0. The third-order valence-corrected chi connectivity index (χ3v) is 3.12. The van der Waals surface area contributed by atoms with Crippen molar-refractivity contribution in [3.05, 3.63) is 29.3 Å². The van der Waals surface area contributed by atoms with E-state index >= 15 is 0 Å². The zero-order valence-electron chi connectivity index (χ0n) is 10.9. The highest BCUT2D eigenvalue weighted by Gasteiger charge is 2.05. The fourth-order valence-electron chi connectivity index (χ4n) is 2.09. The van der Waals surface area contributed by atoms with Crippen LogP contribution in [0.5, 0.6) is 0 Å². The Labute approximate surface area is 99.8 Å². The summed E-state index contributed by atoms with van der Waals surface area (Å²) in [5.41, 5.74) is 9.62. The monoisotopic (exact) mass is 222 g/mol. The molecule has 1 aromatic rings. The zero-order valence-corrected chi connectivity index (χ0v) is 10.9. The van der Waals surface area contributed by atoms with E-state index in [1.807, 2.05) is 12.1 Å². The summed E-state index contributed by atoms with van der Waals surface area (Å²) in [5, 5.41) is 0. The number of anilines is 1. The Morgan fingerprint density at radius 2 is 1.94 bits per heavy atom. The molecule has 0 aliphatic heterocycles. The van der Waals surface area contributed by atoms with E-state index in [1.165, 1.54) is 30.4 Å². The van der Waals surface area contributed by atoms with Crippen LogP contribution >= 0.6 is 0 Å². The fourth-order valence-corrected chi connectivity index (χ4v) is 2.09. The lowest BCUT2D eigenvalue weighted by Gasteiger charge is -2.13. The molecule has 2 heteroatoms. The Hall–Kier alpha value is -1.02. The van der Waals surface area contributed by atoms with E-state index in [0.717, 1.165) is 18.0 Å². The van der Waals surface area contributed by atoms with Gasteiger partial charge in [-0.1, -0.05) is 38.8 Å². The van der Waals surface area contributed by atoms with Gasteiger partial charge in [-0.05, 0) is 42.9 Å². The summed E-state index contributed by atoms with van der Waals surface area (Å²) in [6, 6.07) is 6.19. The van der Waals surface area contributed by atoms with Crippen LogP contribution < -0.4 is 11.9 Å². The maximum atomic E-state index is 5.98. The van der Waals surface area contributed by atoms with Crippen molar-refractivity contribution in [2.45, 2.75) is 46.5 Å². The van der Waals surface area contributed by atoms with E-state index in [1.54, 1.807) is 0 Å². The minimum Gasteiger partial charge on any atom is -0.398 e. The van der Waals surface area contributed by atoms with Gasteiger partial charge in [-0.3, -0.25) is 0 Å². The van der Waals surface area contributed by atoms with Crippen LogP contribution in [0.1, 0.15) is 44.2 Å². The van der Waals surface area contributed by atoms with Crippen LogP contribution in [0.4, 0.5) is 5.69 Å². The van der Waals surface area contributed by atoms with E-state index in [2.05, 4.69) is 26.8 Å². The molecule has 1 aromatic carbocycles. The van der Waals surface area contributed by atoms with Crippen LogP contribution in [0.25, 0.3) is 0 Å². The van der Waals surface area contributed by atoms with E-state index < -0.39 is 0 Å². The standard InChI is InChI=1S/C14H23N.H3N/c1-4-6-11(2)9-10-13-12(3)7-5-8-14(13)15;/h5,7-8,11H,4,6,9-10,15H2,1-3H3;1H3. The molecule has 0 saturated heterocycles. The second-order valence-corrected chi connectivity index (χ2v) is 4.58. The van der Waals surface area contributed by atoms with Gasteiger partial charge in [0.05, 0.1) is 0 Å². The number of aryl methyl sites for hydroxylation is 1. The van der Waals surface area contributed by atoms with E-state index in [4.69, 9.17) is 5.73 Å². The van der Waals surface area contributed by atoms with Crippen molar-refractivity contribution in [3.63, 3.8) is 0 Å². The third kappa shape index (κ3) is 4.23. The van der Waals surface area contributed by atoms with Crippen LogP contribution in [0, 0.1) is 12.8 Å². The van der Waals surface area contributed by atoms with Crippen molar-refractivity contribution >= 4 is 5.69 Å². The molecule has 1 atom stereocenters. The van der Waals surface area contributed by atoms with Gasteiger partial charge < -0.3 is 11.9 Å². The van der Waals surface area contributed by atoms with Crippen LogP contribution in [0.3, 0.4) is 0 Å². The largest absolute Gasteiger partial charge is 0.398 e. The van der Waals surface area contributed by atoms with Gasteiger partial charge in [-0.15, -0.1) is 0 Å². The maximum absolute atomic E-state index is 5.98. The van der Waals surface area contributed by atoms with Crippen LogP contribution in [0.2, 0.25) is 0 Å². The Kier molecular flexibility index (Phi) is 6.82. The summed E-state index contributed by atoms with van der Waals surface area (Å²) in [5.74, 6) is 0.814. The number of hydrogen-bond donors (Lipinski definition) is 2. The molecule has 16 heavy (non-hydrogen) atoms. The van der Waals surface area contributed by atoms with Crippen molar-refractivity contribution in [3.8, 4) is 0 Å². The van der Waals surface area contributed by atoms with Gasteiger partial charge in [0.1, 0.15) is 0 Å². The Morgan fingerprint density at radius 3 is 2.50 bits per heavy atom. The molecule has 2 nitrogen and oxygen atoms in total. The smallest absolute Gasteiger partial charge is 0.0349 e. The first-order valence-corrected chi connectivity index (χ1v) is 5.99. The lowest BCUT2D eigenvalue weighted by atomic mass is 9.94. The van der Waals surface area contributed by atoms with Crippen molar-refractivity contribution in [2.24, 2.45) is 5.92 Å². The molecule has 0 aliphatic rings. The molecule has 1 rings (SSSR count). The van der Waals surface area contributed by atoms with Crippen molar-refractivity contribution in [1.82, 2.24) is 6.15 Å². The van der Waals surface area contributed by atoms with Gasteiger partial charge >= 0.3 is 0 Å². The van der Waals surface area contributed by atoms with Gasteiger partial charge in [0.2, 0.25) is 0 Å². The Morgan fingerprint density at radius 1 is 1.25 bits per heavy atom. The maximum Gasteiger partial charge on any atom is 0.0349 e. The molecule has 0 fully saturated rings. The van der Waals surface area contributed by atoms with Crippen molar-refractivity contribution < 1.29 is 0 Å². The number of rotatable bonds is 5. The molecule has 0 saturated carbocycles. The summed E-state index contributed by atoms with van der Waals surface area (Å²) < 4.78 is 0. The molecule has 0 aliphatic carbocycles. The predicted molar refractivity (Wildman–Crippen MR) is 73.0 cm³/mol. The van der Waals surface area contributed by atoms with E-state index in [0.29, 0.717) is 0 Å². The number of benzene rings is 1.